The summed E-state index contributed by atoms with van der Waals surface area (Å²) in [7, 11) is 0. The molecule has 0 aromatic rings. The first kappa shape index (κ1) is 22.3. The maximum atomic E-state index is 13.2. The molecule has 0 radical (unpaired) electrons. The van der Waals surface area contributed by atoms with Gasteiger partial charge in [-0.05, 0) is 50.4 Å². The van der Waals surface area contributed by atoms with E-state index in [1.54, 1.807) is 0 Å². The lowest BCUT2D eigenvalue weighted by Crippen LogP contribution is -2.57. The lowest BCUT2D eigenvalue weighted by molar-refractivity contribution is -0.433. The predicted molar refractivity (Wildman–Crippen MR) is 90.9 cm³/mol. The average molecular weight is 440 g/mol. The molecule has 2 N–H and O–H groups in total. The topological polar surface area (TPSA) is 129 Å². The molecular formula is C17H22F2O9S. The maximum Gasteiger partial charge on any atom is 0.415 e. The van der Waals surface area contributed by atoms with Gasteiger partial charge in [0.15, 0.2) is 12.4 Å². The van der Waals surface area contributed by atoms with E-state index >= 15 is 0 Å². The van der Waals surface area contributed by atoms with Crippen LogP contribution in [-0.4, -0.2) is 52.2 Å². The Hall–Kier alpha value is -1.34. The van der Waals surface area contributed by atoms with Gasteiger partial charge in [-0.25, -0.2) is 10.1 Å². The molecular weight excluding hydrogens is 418 g/mol. The van der Waals surface area contributed by atoms with Crippen LogP contribution in [0.25, 0.3) is 0 Å². The second kappa shape index (κ2) is 8.42. The molecule has 0 saturated heterocycles. The summed E-state index contributed by atoms with van der Waals surface area (Å²) in [4.78, 5) is 34.8. The van der Waals surface area contributed by atoms with E-state index in [0.717, 1.165) is 32.1 Å². The Kier molecular flexibility index (Phi) is 6.49. The third-order valence-electron chi connectivity index (χ3n) is 5.80. The van der Waals surface area contributed by atoms with E-state index in [-0.39, 0.29) is 12.0 Å². The van der Waals surface area contributed by atoms with Gasteiger partial charge in [0, 0.05) is 5.41 Å². The minimum Gasteiger partial charge on any atom is -0.465 e. The molecule has 0 amide bonds. The van der Waals surface area contributed by atoms with E-state index in [1.807, 2.05) is 0 Å². The number of ketones is 1. The van der Waals surface area contributed by atoms with Crippen LogP contribution in [0.15, 0.2) is 0 Å². The summed E-state index contributed by atoms with van der Waals surface area (Å²) < 4.78 is 39.2. The minimum absolute atomic E-state index is 0.0986. The van der Waals surface area contributed by atoms with Gasteiger partial charge >= 0.3 is 17.2 Å². The quantitative estimate of drug-likeness (QED) is 0.171. The van der Waals surface area contributed by atoms with Crippen molar-refractivity contribution in [2.24, 2.45) is 17.3 Å². The largest absolute Gasteiger partial charge is 0.465 e. The monoisotopic (exact) mass is 440 g/mol. The fourth-order valence-electron chi connectivity index (χ4n) is 5.39. The Balaban J connectivity index is 1.41. The molecule has 4 aliphatic rings. The summed E-state index contributed by atoms with van der Waals surface area (Å²) in [6.07, 6.45) is 4.23. The smallest absolute Gasteiger partial charge is 0.415 e. The molecule has 0 heterocycles. The third-order valence-corrected chi connectivity index (χ3v) is 6.31. The number of Topliss-reactive ketones (excluding diaryl/α,β-unsaturated/α-hetero) is 1. The van der Waals surface area contributed by atoms with Crippen LogP contribution in [0.2, 0.25) is 0 Å². The van der Waals surface area contributed by atoms with Crippen molar-refractivity contribution in [2.75, 3.05) is 13.2 Å². The average Bonchev–Trinajstić information content (AvgIpc) is 2.61. The van der Waals surface area contributed by atoms with E-state index in [0.29, 0.717) is 18.3 Å². The van der Waals surface area contributed by atoms with Crippen LogP contribution in [0.1, 0.15) is 44.9 Å². The minimum atomic E-state index is -4.22. The molecule has 164 valence electrons. The zero-order chi connectivity index (χ0) is 21.3. The van der Waals surface area contributed by atoms with Crippen molar-refractivity contribution in [3.63, 3.8) is 0 Å². The van der Waals surface area contributed by atoms with Gasteiger partial charge in [-0.3, -0.25) is 9.59 Å². The molecule has 12 heteroatoms. The molecule has 0 aromatic carbocycles. The number of halogens is 2. The highest BCUT2D eigenvalue weighted by Crippen LogP contribution is 2.61. The fourth-order valence-corrected chi connectivity index (χ4v) is 5.63. The zero-order valence-corrected chi connectivity index (χ0v) is 16.3. The Morgan fingerprint density at radius 3 is 2.34 bits per heavy atom. The van der Waals surface area contributed by atoms with Crippen LogP contribution in [-0.2, 0) is 33.2 Å². The van der Waals surface area contributed by atoms with Gasteiger partial charge in [0.2, 0.25) is 0 Å². The summed E-state index contributed by atoms with van der Waals surface area (Å²) in [5.41, 5.74) is -0.980. The number of carbonyl (C=O) groups excluding carboxylic acids is 3. The second-order valence-corrected chi connectivity index (χ2v) is 9.20. The van der Waals surface area contributed by atoms with Crippen molar-refractivity contribution < 1.29 is 52.4 Å². The molecule has 0 aliphatic heterocycles. The number of carbonyl (C=O) groups is 3. The fraction of sp³-hybridized carbons (Fsp3) is 0.824. The highest BCUT2D eigenvalue weighted by Gasteiger charge is 2.57. The Morgan fingerprint density at radius 2 is 1.76 bits per heavy atom. The van der Waals surface area contributed by atoms with Crippen molar-refractivity contribution in [3.8, 4) is 0 Å². The van der Waals surface area contributed by atoms with E-state index < -0.39 is 53.6 Å². The predicted octanol–water partition coefficient (Wildman–Crippen LogP) is 2.03. The number of aliphatic hydroxyl groups is 1. The molecule has 0 spiro atoms. The van der Waals surface area contributed by atoms with E-state index in [2.05, 4.69) is 14.1 Å². The van der Waals surface area contributed by atoms with E-state index in [4.69, 9.17) is 9.99 Å². The molecule has 4 aliphatic carbocycles. The lowest BCUT2D eigenvalue weighted by atomic mass is 9.48. The molecule has 0 aromatic heterocycles. The van der Waals surface area contributed by atoms with Crippen LogP contribution >= 0.6 is 12.0 Å². The molecule has 29 heavy (non-hydrogen) atoms. The van der Waals surface area contributed by atoms with Crippen LogP contribution in [0, 0.1) is 17.3 Å². The first-order chi connectivity index (χ1) is 13.5. The highest BCUT2D eigenvalue weighted by molar-refractivity contribution is 7.96. The number of alkyl halides is 2. The van der Waals surface area contributed by atoms with Gasteiger partial charge in [0.1, 0.15) is 18.5 Å². The van der Waals surface area contributed by atoms with Crippen molar-refractivity contribution in [1.82, 2.24) is 0 Å². The summed E-state index contributed by atoms with van der Waals surface area (Å²) in [6, 6.07) is 0. The normalized spacial score (nSPS) is 32.8. The Morgan fingerprint density at radius 1 is 1.10 bits per heavy atom. The summed E-state index contributed by atoms with van der Waals surface area (Å²) in [5.74, 6) is -3.01. The molecule has 4 fully saturated rings. The molecule has 4 rings (SSSR count). The zero-order valence-electron chi connectivity index (χ0n) is 15.4. The van der Waals surface area contributed by atoms with Gasteiger partial charge in [0.05, 0.1) is 12.2 Å². The lowest BCUT2D eigenvalue weighted by Gasteiger charge is -2.59. The van der Waals surface area contributed by atoms with Crippen LogP contribution in [0.4, 0.5) is 8.78 Å². The molecule has 4 bridgehead atoms. The highest BCUT2D eigenvalue weighted by atomic mass is 32.2. The SMILES string of the molecule is O=C(COC(=O)C(F)(F)SOOO)CC(=O)OCC12CC3CC(CC(O)(C3)C1)C2. The number of hydrogen-bond acceptors (Lipinski definition) is 10. The number of hydrogen-bond donors (Lipinski definition) is 2. The van der Waals surface area contributed by atoms with E-state index in [1.165, 1.54) is 0 Å². The first-order valence-electron chi connectivity index (χ1n) is 9.15. The van der Waals surface area contributed by atoms with Gasteiger partial charge in [-0.2, -0.15) is 8.78 Å². The number of ether oxygens (including phenoxy) is 2. The number of rotatable bonds is 10. The van der Waals surface area contributed by atoms with E-state index in [9.17, 15) is 28.3 Å². The maximum absolute atomic E-state index is 13.2. The molecule has 2 atom stereocenters. The van der Waals surface area contributed by atoms with Crippen molar-refractivity contribution in [1.29, 1.82) is 0 Å². The molecule has 2 unspecified atom stereocenters. The van der Waals surface area contributed by atoms with Gasteiger partial charge in [0.25, 0.3) is 0 Å². The number of esters is 2. The van der Waals surface area contributed by atoms with Crippen molar-refractivity contribution >= 4 is 29.8 Å². The Bertz CT molecular complexity index is 657. The summed E-state index contributed by atoms with van der Waals surface area (Å²) >= 11 is -0.816. The van der Waals surface area contributed by atoms with Crippen LogP contribution in [0.5, 0.6) is 0 Å². The van der Waals surface area contributed by atoms with Crippen LogP contribution < -0.4 is 0 Å². The van der Waals surface area contributed by atoms with Crippen molar-refractivity contribution in [2.45, 2.75) is 55.8 Å². The first-order valence-corrected chi connectivity index (χ1v) is 9.90. The van der Waals surface area contributed by atoms with Gasteiger partial charge < -0.3 is 14.6 Å². The van der Waals surface area contributed by atoms with Gasteiger partial charge in [-0.1, -0.05) is 5.04 Å². The molecule has 9 nitrogen and oxygen atoms in total. The standard InChI is InChI=1S/C17H22F2O9S/c18-17(19,29-28-27-24)14(22)25-7-12(20)2-13(21)26-9-15-3-10-1-11(4-15)6-16(23,5-10)8-15/h10-11,23-24H,1-9H2. The second-order valence-electron chi connectivity index (χ2n) is 8.38. The van der Waals surface area contributed by atoms with Crippen LogP contribution in [0.3, 0.4) is 0 Å². The third kappa shape index (κ3) is 5.43. The van der Waals surface area contributed by atoms with Gasteiger partial charge in [-0.15, -0.1) is 4.33 Å². The van der Waals surface area contributed by atoms with Crippen molar-refractivity contribution in [3.05, 3.63) is 0 Å². The summed E-state index contributed by atoms with van der Waals surface area (Å²) in [6.45, 7) is -0.944. The summed E-state index contributed by atoms with van der Waals surface area (Å²) in [5, 5.41) is 17.2. The molecule has 4 saturated carbocycles. The Labute approximate surface area is 169 Å².